The van der Waals surface area contributed by atoms with Crippen molar-refractivity contribution in [2.45, 2.75) is 171 Å². The van der Waals surface area contributed by atoms with Crippen LogP contribution in [-0.4, -0.2) is 90.4 Å². The van der Waals surface area contributed by atoms with Gasteiger partial charge >= 0.3 is 0 Å². The van der Waals surface area contributed by atoms with Crippen LogP contribution in [-0.2, 0) is 25.7 Å². The third-order valence-corrected chi connectivity index (χ3v) is 16.4. The molecule has 2 N–H and O–H groups in total. The fraction of sp³-hybridized carbons (Fsp3) is 0.600. The van der Waals surface area contributed by atoms with Crippen LogP contribution in [0.1, 0.15) is 152 Å². The molecular formula is C60H82N2O10S. The Morgan fingerprint density at radius 3 is 2.41 bits per heavy atom. The molecule has 2 aliphatic carbocycles. The van der Waals surface area contributed by atoms with Crippen LogP contribution in [0.3, 0.4) is 0 Å². The lowest BCUT2D eigenvalue weighted by atomic mass is 9.55. The molecule has 0 spiro atoms. The van der Waals surface area contributed by atoms with Crippen LogP contribution < -0.4 is 18.9 Å². The van der Waals surface area contributed by atoms with Crippen LogP contribution in [0.25, 0.3) is 0 Å². The molecule has 7 atom stereocenters. The van der Waals surface area contributed by atoms with Crippen LogP contribution in [0.4, 0.5) is 0 Å². The number of rotatable bonds is 31. The van der Waals surface area contributed by atoms with E-state index in [-0.39, 0.29) is 56.8 Å². The van der Waals surface area contributed by atoms with E-state index >= 15 is 4.79 Å². The second-order valence-electron chi connectivity index (χ2n) is 20.5. The van der Waals surface area contributed by atoms with Crippen molar-refractivity contribution in [2.24, 2.45) is 22.9 Å². The molecule has 398 valence electrons. The molecule has 2 fully saturated rings. The highest BCUT2D eigenvalue weighted by Gasteiger charge is 2.65. The van der Waals surface area contributed by atoms with Crippen molar-refractivity contribution in [2.75, 3.05) is 45.6 Å². The van der Waals surface area contributed by atoms with Gasteiger partial charge in [-0.1, -0.05) is 113 Å². The number of fused-ring (bicyclic) bond motifs is 3. The molecule has 1 saturated carbocycles. The van der Waals surface area contributed by atoms with Gasteiger partial charge in [0.15, 0.2) is 11.5 Å². The summed E-state index contributed by atoms with van der Waals surface area (Å²) in [5.74, 6) is 1.79. The van der Waals surface area contributed by atoms with E-state index in [1.807, 2.05) is 41.3 Å². The van der Waals surface area contributed by atoms with Gasteiger partial charge in [-0.3, -0.25) is 4.79 Å². The maximum Gasteiger partial charge on any atom is 0.239 e. The van der Waals surface area contributed by atoms with E-state index in [2.05, 4.69) is 49.9 Å². The minimum Gasteiger partial charge on any atom is -0.493 e. The van der Waals surface area contributed by atoms with E-state index in [1.54, 1.807) is 17.8 Å². The van der Waals surface area contributed by atoms with E-state index in [0.717, 1.165) is 98.1 Å². The van der Waals surface area contributed by atoms with Gasteiger partial charge in [-0.15, -0.1) is 18.3 Å². The molecule has 3 aromatic carbocycles. The first-order valence-corrected chi connectivity index (χ1v) is 28.8. The lowest BCUT2D eigenvalue weighted by Gasteiger charge is -2.60. The SMILES string of the molecule is C=CCOC12Oc3ccc(OCCSc4ccccc4)cc3C3C(CCCCO)C(CCCCO)C=C(C(=NOC4CCCCO4)CC1N(Cc1ccc4c(c1)OCO4)C(=O)CCCCCCCCCCC)C32. The molecule has 12 nitrogen and oxygen atoms in total. The number of carbonyl (C=O) groups excluding carboxylic acids is 1. The number of aliphatic hydroxyl groups excluding tert-OH is 2. The van der Waals surface area contributed by atoms with Gasteiger partial charge in [-0.05, 0) is 110 Å². The van der Waals surface area contributed by atoms with Gasteiger partial charge in [0.2, 0.25) is 24.8 Å². The number of amides is 1. The Kier molecular flexibility index (Phi) is 21.3. The number of carbonyl (C=O) groups is 1. The molecule has 3 aromatic rings. The second kappa shape index (κ2) is 28.4. The predicted octanol–water partition coefficient (Wildman–Crippen LogP) is 12.7. The standard InChI is InChI=1S/C60H82N2O10S/c1-3-5-6-7-8-9-10-11-15-26-56(65)62(42-44-28-30-53-54(38-44)69-43-68-53)55-41-51(61-72-57-27-18-21-35-67-57)49-39-45(22-16-19-32-63)48(25-17-20-33-64)58-50-40-46(66-36-37-73-47-23-13-12-14-24-47)29-31-52(50)71-60(55,59(49)58)70-34-4-2/h4,12-14,23-24,28-31,38-40,45,48,55,57-59,63-64H,2-3,5-11,15-22,25-27,32-37,41-43H2,1H3. The molecule has 0 bridgehead atoms. The molecule has 8 rings (SSSR count). The second-order valence-corrected chi connectivity index (χ2v) is 21.6. The molecule has 3 heterocycles. The van der Waals surface area contributed by atoms with Gasteiger partial charge < -0.3 is 48.4 Å². The Labute approximate surface area is 439 Å². The Hall–Kier alpha value is -4.53. The molecular weight excluding hydrogens is 941 g/mol. The van der Waals surface area contributed by atoms with Gasteiger partial charge in [0.25, 0.3) is 0 Å². The summed E-state index contributed by atoms with van der Waals surface area (Å²) in [6, 6.07) is 21.8. The smallest absolute Gasteiger partial charge is 0.239 e. The zero-order valence-electron chi connectivity index (χ0n) is 43.4. The van der Waals surface area contributed by atoms with Crippen LogP contribution in [0, 0.1) is 17.8 Å². The monoisotopic (exact) mass is 1020 g/mol. The van der Waals surface area contributed by atoms with E-state index in [9.17, 15) is 10.2 Å². The van der Waals surface area contributed by atoms with Gasteiger partial charge in [0.05, 0.1) is 31.5 Å². The zero-order valence-corrected chi connectivity index (χ0v) is 44.3. The number of allylic oxidation sites excluding steroid dienone is 1. The lowest BCUT2D eigenvalue weighted by molar-refractivity contribution is -0.258. The molecule has 73 heavy (non-hydrogen) atoms. The number of hydrogen-bond donors (Lipinski definition) is 2. The van der Waals surface area contributed by atoms with E-state index in [0.29, 0.717) is 56.1 Å². The highest BCUT2D eigenvalue weighted by atomic mass is 32.2. The van der Waals surface area contributed by atoms with Gasteiger partial charge in [0, 0.05) is 61.2 Å². The fourth-order valence-corrected chi connectivity index (χ4v) is 12.6. The van der Waals surface area contributed by atoms with Crippen molar-refractivity contribution in [1.82, 2.24) is 4.90 Å². The summed E-state index contributed by atoms with van der Waals surface area (Å²) in [7, 11) is 0. The maximum atomic E-state index is 15.5. The first-order chi connectivity index (χ1) is 36.0. The Morgan fingerprint density at radius 1 is 0.877 bits per heavy atom. The summed E-state index contributed by atoms with van der Waals surface area (Å²) in [5, 5.41) is 25.3. The predicted molar refractivity (Wildman–Crippen MR) is 287 cm³/mol. The van der Waals surface area contributed by atoms with Crippen LogP contribution in [0.15, 0.2) is 101 Å². The largest absolute Gasteiger partial charge is 0.493 e. The van der Waals surface area contributed by atoms with Crippen LogP contribution in [0.5, 0.6) is 23.0 Å². The van der Waals surface area contributed by atoms with Crippen LogP contribution in [0.2, 0.25) is 0 Å². The van der Waals surface area contributed by atoms with Crippen LogP contribution >= 0.6 is 11.8 Å². The Balaban J connectivity index is 1.23. The summed E-state index contributed by atoms with van der Waals surface area (Å²) in [4.78, 5) is 25.1. The number of aliphatic hydroxyl groups is 2. The number of ether oxygens (including phenoxy) is 6. The third kappa shape index (κ3) is 14.2. The molecule has 1 saturated heterocycles. The Morgan fingerprint density at radius 2 is 1.64 bits per heavy atom. The van der Waals surface area contributed by atoms with Crippen molar-refractivity contribution in [3.63, 3.8) is 0 Å². The molecule has 1 amide bonds. The zero-order chi connectivity index (χ0) is 50.7. The quantitative estimate of drug-likeness (QED) is 0.0276. The normalized spacial score (nSPS) is 24.3. The first kappa shape index (κ1) is 54.7. The van der Waals surface area contributed by atoms with Crippen molar-refractivity contribution in [3.8, 4) is 23.0 Å². The highest BCUT2D eigenvalue weighted by Crippen LogP contribution is 2.62. The molecule has 7 unspecified atom stereocenters. The van der Waals surface area contributed by atoms with E-state index in [1.165, 1.54) is 43.4 Å². The minimum absolute atomic E-state index is 0.0238. The molecule has 3 aliphatic heterocycles. The minimum atomic E-state index is -1.39. The number of hydrogen-bond acceptors (Lipinski definition) is 12. The van der Waals surface area contributed by atoms with Crippen molar-refractivity contribution in [3.05, 3.63) is 102 Å². The average molecular weight is 1020 g/mol. The lowest BCUT2D eigenvalue weighted by Crippen LogP contribution is -2.70. The number of oxime groups is 1. The molecule has 0 aromatic heterocycles. The Bertz CT molecular complexity index is 2250. The van der Waals surface area contributed by atoms with E-state index in [4.69, 9.17) is 38.4 Å². The van der Waals surface area contributed by atoms with Crippen molar-refractivity contribution in [1.29, 1.82) is 0 Å². The summed E-state index contributed by atoms with van der Waals surface area (Å²) in [5.41, 5.74) is 3.70. The van der Waals surface area contributed by atoms with Crippen molar-refractivity contribution < 1.29 is 48.3 Å². The van der Waals surface area contributed by atoms with Crippen molar-refractivity contribution >= 4 is 23.4 Å². The molecule has 0 radical (unpaired) electrons. The average Bonchev–Trinajstić information content (AvgIpc) is 3.89. The van der Waals surface area contributed by atoms with Gasteiger partial charge in [0.1, 0.15) is 17.5 Å². The summed E-state index contributed by atoms with van der Waals surface area (Å²) in [6.07, 6.45) is 22.2. The molecule has 13 heteroatoms. The summed E-state index contributed by atoms with van der Waals surface area (Å²) >= 11 is 1.76. The third-order valence-electron chi connectivity index (χ3n) is 15.4. The number of benzene rings is 3. The summed E-state index contributed by atoms with van der Waals surface area (Å²) < 4.78 is 39.2. The van der Waals surface area contributed by atoms with E-state index < -0.39 is 24.0 Å². The van der Waals surface area contributed by atoms with Gasteiger partial charge in [-0.25, -0.2) is 0 Å². The first-order valence-electron chi connectivity index (χ1n) is 27.8. The maximum absolute atomic E-state index is 15.5. The highest BCUT2D eigenvalue weighted by molar-refractivity contribution is 7.99. The summed E-state index contributed by atoms with van der Waals surface area (Å²) in [6.45, 7) is 8.37. The van der Waals surface area contributed by atoms with Gasteiger partial charge in [-0.2, -0.15) is 0 Å². The number of unbranched alkanes of at least 4 members (excludes halogenated alkanes) is 10. The topological polar surface area (TPSA) is 138 Å². The number of thioether (sulfide) groups is 1. The number of nitrogens with zero attached hydrogens (tertiary/aromatic N) is 2. The molecule has 5 aliphatic rings. The fourth-order valence-electron chi connectivity index (χ4n) is 11.8.